The topological polar surface area (TPSA) is 0 Å². The molecule has 0 spiro atoms. The van der Waals surface area contributed by atoms with Gasteiger partial charge in [-0.05, 0) is 41.0 Å². The van der Waals surface area contributed by atoms with E-state index in [1.54, 1.807) is 11.1 Å². The zero-order valence-electron chi connectivity index (χ0n) is 10.9. The molecule has 0 radical (unpaired) electrons. The van der Waals surface area contributed by atoms with Gasteiger partial charge in [0.05, 0.1) is 0 Å². The van der Waals surface area contributed by atoms with Crippen LogP contribution in [0.2, 0.25) is 0 Å². The van der Waals surface area contributed by atoms with E-state index in [1.807, 2.05) is 0 Å². The predicted molar refractivity (Wildman–Crippen MR) is 80.2 cm³/mol. The van der Waals surface area contributed by atoms with E-state index in [0.717, 1.165) is 5.92 Å². The van der Waals surface area contributed by atoms with Crippen LogP contribution in [0.25, 0.3) is 11.1 Å². The minimum absolute atomic E-state index is 0.805. The fourth-order valence-corrected chi connectivity index (χ4v) is 2.75. The van der Waals surface area contributed by atoms with Crippen LogP contribution in [0.1, 0.15) is 18.1 Å². The average Bonchev–Trinajstić information content (AvgIpc) is 2.80. The second kappa shape index (κ2) is 7.62. The first-order valence-corrected chi connectivity index (χ1v) is 12.7. The zero-order valence-corrected chi connectivity index (χ0v) is 14.8. The van der Waals surface area contributed by atoms with Gasteiger partial charge in [-0.2, -0.15) is 0 Å². The third-order valence-electron chi connectivity index (χ3n) is 3.48. The van der Waals surface area contributed by atoms with Crippen molar-refractivity contribution in [2.75, 3.05) is 0 Å². The molecule has 0 heterocycles. The van der Waals surface area contributed by atoms with Gasteiger partial charge in [0.15, 0.2) is 0 Å². The Morgan fingerprint density at radius 3 is 2.32 bits per heavy atom. The SMILES string of the molecule is CC1Cc2cccc(-c3ccccc3)c2C1.[Cl][Zr][Cl]. The summed E-state index contributed by atoms with van der Waals surface area (Å²) >= 11 is -0.826. The van der Waals surface area contributed by atoms with E-state index in [9.17, 15) is 0 Å². The summed E-state index contributed by atoms with van der Waals surface area (Å²) in [6, 6.07) is 17.5. The van der Waals surface area contributed by atoms with Crippen molar-refractivity contribution in [3.63, 3.8) is 0 Å². The molecule has 0 nitrogen and oxygen atoms in total. The molecule has 2 aromatic carbocycles. The summed E-state index contributed by atoms with van der Waals surface area (Å²) in [4.78, 5) is 0. The molecular weight excluding hydrogens is 354 g/mol. The van der Waals surface area contributed by atoms with E-state index >= 15 is 0 Å². The van der Waals surface area contributed by atoms with Gasteiger partial charge in [0.25, 0.3) is 0 Å². The summed E-state index contributed by atoms with van der Waals surface area (Å²) in [7, 11) is 9.87. The molecule has 0 bridgehead atoms. The van der Waals surface area contributed by atoms with Gasteiger partial charge in [0.1, 0.15) is 0 Å². The third-order valence-corrected chi connectivity index (χ3v) is 3.48. The summed E-state index contributed by atoms with van der Waals surface area (Å²) in [6.07, 6.45) is 2.48. The van der Waals surface area contributed by atoms with Crippen molar-refractivity contribution in [2.24, 2.45) is 5.92 Å². The van der Waals surface area contributed by atoms with Gasteiger partial charge < -0.3 is 0 Å². The Bertz CT molecular complexity index is 526. The van der Waals surface area contributed by atoms with E-state index in [-0.39, 0.29) is 0 Å². The monoisotopic (exact) mass is 368 g/mol. The summed E-state index contributed by atoms with van der Waals surface area (Å²) < 4.78 is 0. The summed E-state index contributed by atoms with van der Waals surface area (Å²) in [6.45, 7) is 2.34. The van der Waals surface area contributed by atoms with Crippen LogP contribution in [0.3, 0.4) is 0 Å². The Hall–Kier alpha value is -0.0969. The third kappa shape index (κ3) is 3.94. The van der Waals surface area contributed by atoms with E-state index in [0.29, 0.717) is 0 Å². The first-order valence-electron chi connectivity index (χ1n) is 6.38. The molecule has 0 aromatic heterocycles. The maximum absolute atomic E-state index is 4.93. The molecule has 0 fully saturated rings. The Labute approximate surface area is 133 Å². The fourth-order valence-electron chi connectivity index (χ4n) is 2.75. The molecule has 0 amide bonds. The molecule has 2 aromatic rings. The minimum atomic E-state index is -0.826. The van der Waals surface area contributed by atoms with Gasteiger partial charge in [-0.15, -0.1) is 0 Å². The van der Waals surface area contributed by atoms with Crippen LogP contribution in [0.15, 0.2) is 48.5 Å². The van der Waals surface area contributed by atoms with Crippen LogP contribution in [-0.2, 0) is 33.7 Å². The molecule has 0 aliphatic heterocycles. The second-order valence-electron chi connectivity index (χ2n) is 4.89. The van der Waals surface area contributed by atoms with Crippen molar-refractivity contribution in [3.8, 4) is 11.1 Å². The van der Waals surface area contributed by atoms with Gasteiger partial charge in [-0.1, -0.05) is 55.5 Å². The van der Waals surface area contributed by atoms with E-state index in [1.165, 1.54) is 24.0 Å². The molecule has 3 rings (SSSR count). The molecule has 1 aliphatic rings. The van der Waals surface area contributed by atoms with Crippen molar-refractivity contribution >= 4 is 17.0 Å². The van der Waals surface area contributed by atoms with E-state index in [2.05, 4.69) is 55.5 Å². The van der Waals surface area contributed by atoms with Gasteiger partial charge in [0.2, 0.25) is 0 Å². The van der Waals surface area contributed by atoms with Gasteiger partial charge in [-0.3, -0.25) is 0 Å². The first-order chi connectivity index (χ1) is 9.26. The first kappa shape index (κ1) is 15.3. The van der Waals surface area contributed by atoms with Crippen LogP contribution < -0.4 is 0 Å². The number of fused-ring (bicyclic) bond motifs is 1. The molecule has 98 valence electrons. The molecule has 1 aliphatic carbocycles. The quantitative estimate of drug-likeness (QED) is 0.625. The molecule has 0 saturated carbocycles. The predicted octanol–water partition coefficient (Wildman–Crippen LogP) is 5.46. The molecule has 3 heteroatoms. The van der Waals surface area contributed by atoms with Crippen LogP contribution in [-0.4, -0.2) is 0 Å². The molecule has 1 atom stereocenters. The zero-order chi connectivity index (χ0) is 13.7. The summed E-state index contributed by atoms with van der Waals surface area (Å²) in [5.41, 5.74) is 5.91. The molecule has 19 heavy (non-hydrogen) atoms. The number of halogens is 2. The second-order valence-corrected chi connectivity index (χ2v) is 8.63. The number of rotatable bonds is 1. The van der Waals surface area contributed by atoms with Crippen molar-refractivity contribution in [3.05, 3.63) is 59.7 Å². The van der Waals surface area contributed by atoms with Crippen LogP contribution in [0.4, 0.5) is 0 Å². The fraction of sp³-hybridized carbons (Fsp3) is 0.250. The van der Waals surface area contributed by atoms with Gasteiger partial charge in [-0.25, -0.2) is 0 Å². The van der Waals surface area contributed by atoms with Crippen molar-refractivity contribution in [1.29, 1.82) is 0 Å². The van der Waals surface area contributed by atoms with Crippen molar-refractivity contribution < 1.29 is 20.8 Å². The van der Waals surface area contributed by atoms with E-state index in [4.69, 9.17) is 17.0 Å². The molecular formula is C16H16Cl2Zr. The molecule has 0 saturated heterocycles. The normalized spacial score (nSPS) is 16.3. The van der Waals surface area contributed by atoms with E-state index < -0.39 is 20.8 Å². The van der Waals surface area contributed by atoms with Crippen LogP contribution in [0.5, 0.6) is 0 Å². The standard InChI is InChI=1S/C16H16.2ClH.Zr/c1-12-10-14-8-5-9-15(16(14)11-12)13-6-3-2-4-7-13;;;/h2-9,12H,10-11H2,1H3;2*1H;/q;;;+2/p-2. The van der Waals surface area contributed by atoms with Crippen molar-refractivity contribution in [1.82, 2.24) is 0 Å². The maximum atomic E-state index is 4.93. The van der Waals surface area contributed by atoms with Gasteiger partial charge >= 0.3 is 37.9 Å². The average molecular weight is 370 g/mol. The molecule has 1 unspecified atom stereocenters. The Morgan fingerprint density at radius 1 is 0.947 bits per heavy atom. The van der Waals surface area contributed by atoms with Crippen LogP contribution >= 0.6 is 17.0 Å². The Balaban J connectivity index is 0.000000408. The molecule has 0 N–H and O–H groups in total. The summed E-state index contributed by atoms with van der Waals surface area (Å²) in [5, 5.41) is 0. The van der Waals surface area contributed by atoms with Crippen LogP contribution in [0, 0.1) is 5.92 Å². The summed E-state index contributed by atoms with van der Waals surface area (Å²) in [5.74, 6) is 0.805. The number of hydrogen-bond donors (Lipinski definition) is 0. The Morgan fingerprint density at radius 2 is 1.63 bits per heavy atom. The van der Waals surface area contributed by atoms with Crippen molar-refractivity contribution in [2.45, 2.75) is 19.8 Å². The number of hydrogen-bond acceptors (Lipinski definition) is 0. The number of benzene rings is 2. The van der Waals surface area contributed by atoms with Gasteiger partial charge in [0, 0.05) is 0 Å². The Kier molecular flexibility index (Phi) is 6.14.